The van der Waals surface area contributed by atoms with Crippen molar-refractivity contribution in [3.63, 3.8) is 0 Å². The van der Waals surface area contributed by atoms with Crippen LogP contribution in [0.3, 0.4) is 0 Å². The van der Waals surface area contributed by atoms with Gasteiger partial charge in [0, 0.05) is 26.2 Å². The second-order valence-electron chi connectivity index (χ2n) is 4.76. The molecule has 0 atom stereocenters. The van der Waals surface area contributed by atoms with Crippen molar-refractivity contribution in [3.05, 3.63) is 48.2 Å². The lowest BCUT2D eigenvalue weighted by Gasteiger charge is -2.15. The van der Waals surface area contributed by atoms with E-state index in [1.165, 1.54) is 0 Å². The first-order valence-corrected chi connectivity index (χ1v) is 6.48. The van der Waals surface area contributed by atoms with Crippen LogP contribution in [0, 0.1) is 0 Å². The van der Waals surface area contributed by atoms with Gasteiger partial charge in [-0.25, -0.2) is 4.98 Å². The van der Waals surface area contributed by atoms with Crippen molar-refractivity contribution in [2.45, 2.75) is 6.54 Å². The van der Waals surface area contributed by atoms with Gasteiger partial charge in [0.25, 0.3) is 5.91 Å². The van der Waals surface area contributed by atoms with E-state index in [0.29, 0.717) is 23.6 Å². The van der Waals surface area contributed by atoms with Gasteiger partial charge < -0.3 is 14.6 Å². The summed E-state index contributed by atoms with van der Waals surface area (Å²) in [4.78, 5) is 18.4. The van der Waals surface area contributed by atoms with Gasteiger partial charge >= 0.3 is 0 Å². The Morgan fingerprint density at radius 1 is 1.43 bits per heavy atom. The summed E-state index contributed by atoms with van der Waals surface area (Å²) in [6, 6.07) is 7.05. The summed E-state index contributed by atoms with van der Waals surface area (Å²) in [7, 11) is 3.78. The molecule has 7 heteroatoms. The number of furan rings is 1. The zero-order valence-corrected chi connectivity index (χ0v) is 11.8. The lowest BCUT2D eigenvalue weighted by atomic mass is 10.3. The average Bonchev–Trinajstić information content (AvgIpc) is 3.14. The van der Waals surface area contributed by atoms with E-state index < -0.39 is 0 Å². The van der Waals surface area contributed by atoms with Gasteiger partial charge in [0.2, 0.25) is 0 Å². The molecule has 0 radical (unpaired) electrons. The number of anilines is 1. The van der Waals surface area contributed by atoms with Gasteiger partial charge in [-0.05, 0) is 12.1 Å². The number of nitrogens with one attached hydrogen (secondary N) is 1. The van der Waals surface area contributed by atoms with Crippen LogP contribution in [0.2, 0.25) is 0 Å². The Morgan fingerprint density at radius 2 is 2.29 bits per heavy atom. The van der Waals surface area contributed by atoms with Crippen LogP contribution >= 0.6 is 0 Å². The van der Waals surface area contributed by atoms with Crippen LogP contribution < -0.4 is 10.2 Å². The van der Waals surface area contributed by atoms with E-state index >= 15 is 0 Å². The van der Waals surface area contributed by atoms with E-state index in [9.17, 15) is 4.79 Å². The zero-order chi connectivity index (χ0) is 14.8. The monoisotopic (exact) mass is 285 g/mol. The quantitative estimate of drug-likeness (QED) is 0.782. The number of rotatable bonds is 4. The molecule has 0 bridgehead atoms. The zero-order valence-electron chi connectivity index (χ0n) is 11.8. The minimum atomic E-state index is -0.252. The lowest BCUT2D eigenvalue weighted by molar-refractivity contribution is 0.0943. The molecule has 3 heterocycles. The van der Waals surface area contributed by atoms with Crippen LogP contribution in [0.1, 0.15) is 16.2 Å². The molecular formula is C14H15N5O2. The first-order chi connectivity index (χ1) is 10.1. The van der Waals surface area contributed by atoms with Crippen molar-refractivity contribution < 1.29 is 9.21 Å². The molecule has 21 heavy (non-hydrogen) atoms. The van der Waals surface area contributed by atoms with Gasteiger partial charge in [-0.2, -0.15) is 9.61 Å². The summed E-state index contributed by atoms with van der Waals surface area (Å²) in [5.41, 5.74) is 0.975. The summed E-state index contributed by atoms with van der Waals surface area (Å²) < 4.78 is 6.87. The third-order valence-electron chi connectivity index (χ3n) is 3.03. The van der Waals surface area contributed by atoms with Crippen molar-refractivity contribution >= 4 is 17.4 Å². The maximum absolute atomic E-state index is 12.2. The first-order valence-electron chi connectivity index (χ1n) is 6.48. The lowest BCUT2D eigenvalue weighted by Crippen LogP contribution is -2.25. The van der Waals surface area contributed by atoms with Crippen molar-refractivity contribution in [3.8, 4) is 0 Å². The van der Waals surface area contributed by atoms with E-state index in [4.69, 9.17) is 4.42 Å². The number of hydrogen-bond acceptors (Lipinski definition) is 5. The second kappa shape index (κ2) is 5.28. The largest absolute Gasteiger partial charge is 0.467 e. The summed E-state index contributed by atoms with van der Waals surface area (Å²) in [6.45, 7) is 0.329. The van der Waals surface area contributed by atoms with Gasteiger partial charge in [-0.15, -0.1) is 0 Å². The molecule has 0 unspecified atom stereocenters. The molecule has 7 nitrogen and oxygen atoms in total. The molecular weight excluding hydrogens is 270 g/mol. The number of carbonyl (C=O) groups excluding carboxylic acids is 1. The molecule has 1 amide bonds. The van der Waals surface area contributed by atoms with Crippen LogP contribution in [-0.4, -0.2) is 34.6 Å². The van der Waals surface area contributed by atoms with E-state index in [-0.39, 0.29) is 5.91 Å². The van der Waals surface area contributed by atoms with Crippen molar-refractivity contribution in [1.82, 2.24) is 19.9 Å². The maximum atomic E-state index is 12.2. The second-order valence-corrected chi connectivity index (χ2v) is 4.76. The fourth-order valence-electron chi connectivity index (χ4n) is 2.00. The van der Waals surface area contributed by atoms with E-state index in [1.807, 2.05) is 19.0 Å². The van der Waals surface area contributed by atoms with Crippen LogP contribution in [0.4, 0.5) is 5.82 Å². The number of aromatic nitrogens is 3. The average molecular weight is 285 g/mol. The van der Waals surface area contributed by atoms with Crippen molar-refractivity contribution in [2.75, 3.05) is 19.0 Å². The molecule has 0 saturated heterocycles. The SMILES string of the molecule is CN(C)c1cc(C(=O)NCc2ccco2)nc2ccnn12. The van der Waals surface area contributed by atoms with Crippen LogP contribution in [-0.2, 0) is 6.54 Å². The molecule has 3 rings (SSSR count). The molecule has 108 valence electrons. The van der Waals surface area contributed by atoms with Gasteiger partial charge in [0.05, 0.1) is 19.0 Å². The van der Waals surface area contributed by atoms with Crippen molar-refractivity contribution in [1.29, 1.82) is 0 Å². The molecule has 0 saturated carbocycles. The molecule has 0 aliphatic carbocycles. The highest BCUT2D eigenvalue weighted by Crippen LogP contribution is 2.15. The molecule has 0 aliphatic rings. The fourth-order valence-corrected chi connectivity index (χ4v) is 2.00. The van der Waals surface area contributed by atoms with E-state index in [1.54, 1.807) is 41.2 Å². The Hall–Kier alpha value is -2.83. The van der Waals surface area contributed by atoms with Crippen LogP contribution in [0.5, 0.6) is 0 Å². The molecule has 0 aliphatic heterocycles. The molecule has 0 fully saturated rings. The summed E-state index contributed by atoms with van der Waals surface area (Å²) in [5.74, 6) is 1.23. The van der Waals surface area contributed by atoms with Gasteiger partial charge in [-0.1, -0.05) is 0 Å². The Labute approximate surface area is 121 Å². The Kier molecular flexibility index (Phi) is 3.31. The molecule has 0 aromatic carbocycles. The standard InChI is InChI=1S/C14H15N5O2/c1-18(2)13-8-11(17-12-5-6-16-19(12)13)14(20)15-9-10-4-3-7-21-10/h3-8H,9H2,1-2H3,(H,15,20). The highest BCUT2D eigenvalue weighted by Gasteiger charge is 2.13. The topological polar surface area (TPSA) is 75.7 Å². The maximum Gasteiger partial charge on any atom is 0.270 e. The van der Waals surface area contributed by atoms with Gasteiger partial charge in [-0.3, -0.25) is 4.79 Å². The fraction of sp³-hybridized carbons (Fsp3) is 0.214. The minimum absolute atomic E-state index is 0.252. The molecule has 3 aromatic heterocycles. The molecule has 3 aromatic rings. The van der Waals surface area contributed by atoms with Crippen LogP contribution in [0.15, 0.2) is 41.1 Å². The van der Waals surface area contributed by atoms with Gasteiger partial charge in [0.15, 0.2) is 5.65 Å². The summed E-state index contributed by atoms with van der Waals surface area (Å²) in [6.07, 6.45) is 3.22. The molecule has 1 N–H and O–H groups in total. The minimum Gasteiger partial charge on any atom is -0.467 e. The summed E-state index contributed by atoms with van der Waals surface area (Å²) >= 11 is 0. The number of hydrogen-bond donors (Lipinski definition) is 1. The van der Waals surface area contributed by atoms with Crippen molar-refractivity contribution in [2.24, 2.45) is 0 Å². The summed E-state index contributed by atoms with van der Waals surface area (Å²) in [5, 5.41) is 6.97. The van der Waals surface area contributed by atoms with Crippen LogP contribution in [0.25, 0.3) is 5.65 Å². The third-order valence-corrected chi connectivity index (χ3v) is 3.03. The van der Waals surface area contributed by atoms with E-state index in [2.05, 4.69) is 15.4 Å². The number of fused-ring (bicyclic) bond motifs is 1. The predicted octanol–water partition coefficient (Wildman–Crippen LogP) is 1.32. The number of nitrogens with zero attached hydrogens (tertiary/aromatic N) is 4. The Balaban J connectivity index is 1.87. The predicted molar refractivity (Wildman–Crippen MR) is 77.2 cm³/mol. The Bertz CT molecular complexity index is 761. The van der Waals surface area contributed by atoms with Gasteiger partial charge in [0.1, 0.15) is 17.3 Å². The number of amides is 1. The smallest absolute Gasteiger partial charge is 0.270 e. The number of carbonyl (C=O) groups is 1. The Morgan fingerprint density at radius 3 is 3.00 bits per heavy atom. The third kappa shape index (κ3) is 2.58. The highest BCUT2D eigenvalue weighted by molar-refractivity contribution is 5.93. The highest BCUT2D eigenvalue weighted by atomic mass is 16.3. The normalized spacial score (nSPS) is 10.8. The first kappa shape index (κ1) is 13.2. The van der Waals surface area contributed by atoms with E-state index in [0.717, 1.165) is 5.82 Å². The molecule has 0 spiro atoms.